The molecule has 0 bridgehead atoms. The molecule has 0 aliphatic rings. The van der Waals surface area contributed by atoms with Crippen LogP contribution in [0.5, 0.6) is 0 Å². The molecular formula is C10H19N3S. The predicted octanol–water partition coefficient (Wildman–Crippen LogP) is 1.82. The number of aryl methyl sites for hydroxylation is 1. The van der Waals surface area contributed by atoms with E-state index in [1.807, 2.05) is 31.2 Å². The van der Waals surface area contributed by atoms with Crippen molar-refractivity contribution < 1.29 is 0 Å². The van der Waals surface area contributed by atoms with Crippen LogP contribution in [0.2, 0.25) is 0 Å². The van der Waals surface area contributed by atoms with Crippen molar-refractivity contribution in [2.45, 2.75) is 19.4 Å². The average Bonchev–Trinajstić information content (AvgIpc) is 2.59. The van der Waals surface area contributed by atoms with Gasteiger partial charge in [-0.1, -0.05) is 6.92 Å². The molecule has 1 aromatic rings. The second-order valence-corrected chi connectivity index (χ2v) is 4.27. The summed E-state index contributed by atoms with van der Waals surface area (Å²) in [4.78, 5) is 4.37. The third-order valence-electron chi connectivity index (χ3n) is 2.14. The van der Waals surface area contributed by atoms with Crippen molar-refractivity contribution in [3.8, 4) is 0 Å². The number of rotatable bonds is 6. The maximum atomic E-state index is 4.37. The van der Waals surface area contributed by atoms with E-state index >= 15 is 0 Å². The summed E-state index contributed by atoms with van der Waals surface area (Å²) in [5.74, 6) is 2.21. The summed E-state index contributed by atoms with van der Waals surface area (Å²) in [5.41, 5.74) is 0. The Bertz CT molecular complexity index is 260. The van der Waals surface area contributed by atoms with Gasteiger partial charge in [-0.3, -0.25) is 0 Å². The monoisotopic (exact) mass is 213 g/mol. The Kier molecular flexibility index (Phi) is 5.04. The molecule has 0 aliphatic heterocycles. The van der Waals surface area contributed by atoms with E-state index in [1.165, 1.54) is 0 Å². The Morgan fingerprint density at radius 2 is 2.43 bits per heavy atom. The van der Waals surface area contributed by atoms with E-state index in [0.29, 0.717) is 6.04 Å². The van der Waals surface area contributed by atoms with Gasteiger partial charge in [-0.2, -0.15) is 11.8 Å². The van der Waals surface area contributed by atoms with E-state index in [1.54, 1.807) is 0 Å². The lowest BCUT2D eigenvalue weighted by atomic mass is 10.3. The largest absolute Gasteiger partial charge is 0.337 e. The second-order valence-electron chi connectivity index (χ2n) is 3.36. The molecule has 0 fully saturated rings. The third-order valence-corrected chi connectivity index (χ3v) is 2.81. The van der Waals surface area contributed by atoms with Crippen molar-refractivity contribution >= 4 is 11.8 Å². The minimum Gasteiger partial charge on any atom is -0.337 e. The molecule has 1 unspecified atom stereocenters. The zero-order valence-electron chi connectivity index (χ0n) is 9.16. The standard InChI is InChI=1S/C10H19N3S/c1-4-5-11-9(8-14-3)10-12-6-7-13(10)2/h6-7,9,11H,4-5,8H2,1-3H3. The Labute approximate surface area is 90.3 Å². The number of nitrogens with zero attached hydrogens (tertiary/aromatic N) is 2. The van der Waals surface area contributed by atoms with Gasteiger partial charge in [-0.05, 0) is 19.2 Å². The van der Waals surface area contributed by atoms with Crippen LogP contribution < -0.4 is 5.32 Å². The van der Waals surface area contributed by atoms with Gasteiger partial charge in [0.25, 0.3) is 0 Å². The Morgan fingerprint density at radius 1 is 1.64 bits per heavy atom. The Balaban J connectivity index is 2.62. The summed E-state index contributed by atoms with van der Waals surface area (Å²) in [7, 11) is 2.04. The first kappa shape index (κ1) is 11.6. The maximum absolute atomic E-state index is 4.37. The van der Waals surface area contributed by atoms with Crippen LogP contribution in [-0.4, -0.2) is 28.1 Å². The predicted molar refractivity (Wildman–Crippen MR) is 62.6 cm³/mol. The number of thioether (sulfide) groups is 1. The molecular weight excluding hydrogens is 194 g/mol. The summed E-state index contributed by atoms with van der Waals surface area (Å²) in [6, 6.07) is 0.380. The van der Waals surface area contributed by atoms with Gasteiger partial charge >= 0.3 is 0 Å². The van der Waals surface area contributed by atoms with Crippen LogP contribution >= 0.6 is 11.8 Å². The van der Waals surface area contributed by atoms with Crippen LogP contribution in [0.25, 0.3) is 0 Å². The van der Waals surface area contributed by atoms with Gasteiger partial charge in [0.15, 0.2) is 0 Å². The first-order chi connectivity index (χ1) is 6.79. The van der Waals surface area contributed by atoms with Crippen LogP contribution in [0.1, 0.15) is 25.2 Å². The molecule has 14 heavy (non-hydrogen) atoms. The molecule has 1 atom stereocenters. The van der Waals surface area contributed by atoms with Crippen molar-refractivity contribution in [3.63, 3.8) is 0 Å². The minimum absolute atomic E-state index is 0.380. The van der Waals surface area contributed by atoms with Gasteiger partial charge in [0.2, 0.25) is 0 Å². The number of hydrogen-bond donors (Lipinski definition) is 1. The van der Waals surface area contributed by atoms with Gasteiger partial charge < -0.3 is 9.88 Å². The molecule has 1 aromatic heterocycles. The topological polar surface area (TPSA) is 29.9 Å². The van der Waals surface area contributed by atoms with Gasteiger partial charge in [0, 0.05) is 25.2 Å². The highest BCUT2D eigenvalue weighted by Crippen LogP contribution is 2.14. The number of aromatic nitrogens is 2. The zero-order chi connectivity index (χ0) is 10.4. The van der Waals surface area contributed by atoms with E-state index in [2.05, 4.69) is 28.0 Å². The second kappa shape index (κ2) is 6.09. The summed E-state index contributed by atoms with van der Waals surface area (Å²) in [6.07, 6.45) is 7.14. The van der Waals surface area contributed by atoms with E-state index in [-0.39, 0.29) is 0 Å². The lowest BCUT2D eigenvalue weighted by Crippen LogP contribution is -2.26. The normalized spacial score (nSPS) is 13.1. The van der Waals surface area contributed by atoms with Crippen molar-refractivity contribution in [1.29, 1.82) is 0 Å². The molecule has 0 aliphatic carbocycles. The van der Waals surface area contributed by atoms with Crippen LogP contribution in [-0.2, 0) is 7.05 Å². The van der Waals surface area contributed by atoms with Crippen LogP contribution in [0.4, 0.5) is 0 Å². The quantitative estimate of drug-likeness (QED) is 0.782. The van der Waals surface area contributed by atoms with Gasteiger partial charge in [0.1, 0.15) is 5.82 Å². The van der Waals surface area contributed by atoms with Crippen LogP contribution in [0.3, 0.4) is 0 Å². The third kappa shape index (κ3) is 3.03. The molecule has 0 aromatic carbocycles. The molecule has 0 radical (unpaired) electrons. The van der Waals surface area contributed by atoms with Crippen molar-refractivity contribution in [3.05, 3.63) is 18.2 Å². The lowest BCUT2D eigenvalue weighted by molar-refractivity contribution is 0.535. The fourth-order valence-electron chi connectivity index (χ4n) is 1.42. The fourth-order valence-corrected chi connectivity index (χ4v) is 2.02. The fraction of sp³-hybridized carbons (Fsp3) is 0.700. The summed E-state index contributed by atoms with van der Waals surface area (Å²) in [6.45, 7) is 3.24. The van der Waals surface area contributed by atoms with Gasteiger partial charge in [0.05, 0.1) is 6.04 Å². The van der Waals surface area contributed by atoms with Crippen LogP contribution in [0.15, 0.2) is 12.4 Å². The highest BCUT2D eigenvalue weighted by Gasteiger charge is 2.13. The zero-order valence-corrected chi connectivity index (χ0v) is 9.97. The van der Waals surface area contributed by atoms with Gasteiger partial charge in [-0.15, -0.1) is 0 Å². The summed E-state index contributed by atoms with van der Waals surface area (Å²) < 4.78 is 2.09. The van der Waals surface area contributed by atoms with Crippen molar-refractivity contribution in [2.75, 3.05) is 18.6 Å². The summed E-state index contributed by atoms with van der Waals surface area (Å²) >= 11 is 1.85. The first-order valence-electron chi connectivity index (χ1n) is 4.99. The molecule has 1 heterocycles. The Morgan fingerprint density at radius 3 is 2.93 bits per heavy atom. The number of nitrogens with one attached hydrogen (secondary N) is 1. The average molecular weight is 213 g/mol. The van der Waals surface area contributed by atoms with E-state index < -0.39 is 0 Å². The molecule has 80 valence electrons. The minimum atomic E-state index is 0.380. The Hall–Kier alpha value is -0.480. The SMILES string of the molecule is CCCNC(CSC)c1nccn1C. The first-order valence-corrected chi connectivity index (χ1v) is 6.38. The van der Waals surface area contributed by atoms with E-state index in [0.717, 1.165) is 24.5 Å². The highest BCUT2D eigenvalue weighted by molar-refractivity contribution is 7.98. The molecule has 0 saturated carbocycles. The molecule has 1 N–H and O–H groups in total. The molecule has 3 nitrogen and oxygen atoms in total. The molecule has 4 heteroatoms. The smallest absolute Gasteiger partial charge is 0.126 e. The highest BCUT2D eigenvalue weighted by atomic mass is 32.2. The van der Waals surface area contributed by atoms with Crippen molar-refractivity contribution in [1.82, 2.24) is 14.9 Å². The van der Waals surface area contributed by atoms with E-state index in [9.17, 15) is 0 Å². The van der Waals surface area contributed by atoms with Gasteiger partial charge in [-0.25, -0.2) is 4.98 Å². The molecule has 0 spiro atoms. The number of imidazole rings is 1. The summed E-state index contributed by atoms with van der Waals surface area (Å²) in [5, 5.41) is 3.51. The molecule has 1 rings (SSSR count). The molecule has 0 amide bonds. The molecule has 0 saturated heterocycles. The maximum Gasteiger partial charge on any atom is 0.126 e. The van der Waals surface area contributed by atoms with E-state index in [4.69, 9.17) is 0 Å². The van der Waals surface area contributed by atoms with Crippen LogP contribution in [0, 0.1) is 0 Å². The lowest BCUT2D eigenvalue weighted by Gasteiger charge is -2.16. The number of hydrogen-bond acceptors (Lipinski definition) is 3. The van der Waals surface area contributed by atoms with Crippen molar-refractivity contribution in [2.24, 2.45) is 7.05 Å².